The average Bonchev–Trinajstić information content (AvgIpc) is 2.71. The van der Waals surface area contributed by atoms with Crippen molar-refractivity contribution in [3.8, 4) is 17.0 Å². The number of anilines is 1. The van der Waals surface area contributed by atoms with Crippen LogP contribution in [0.2, 0.25) is 0 Å². The molecule has 6 heteroatoms. The zero-order valence-electron chi connectivity index (χ0n) is 15.9. The second-order valence-electron chi connectivity index (χ2n) is 6.38. The number of rotatable bonds is 7. The summed E-state index contributed by atoms with van der Waals surface area (Å²) in [5.74, 6) is 0.700. The molecule has 5 nitrogen and oxygen atoms in total. The molecule has 0 fully saturated rings. The second-order valence-corrected chi connectivity index (χ2v) is 6.38. The van der Waals surface area contributed by atoms with Crippen molar-refractivity contribution in [2.24, 2.45) is 0 Å². The molecule has 3 rings (SSSR count). The number of methoxy groups -OCH3 is 1. The third kappa shape index (κ3) is 4.91. The first-order valence-electron chi connectivity index (χ1n) is 9.13. The largest absolute Gasteiger partial charge is 0.497 e. The highest BCUT2D eigenvalue weighted by Crippen LogP contribution is 2.23. The Hall–Kier alpha value is -3.28. The lowest BCUT2D eigenvalue weighted by atomic mass is 10.1. The lowest BCUT2D eigenvalue weighted by Crippen LogP contribution is -2.17. The van der Waals surface area contributed by atoms with E-state index in [4.69, 9.17) is 9.72 Å². The number of nitrogens with zero attached hydrogens (tertiary/aromatic N) is 2. The van der Waals surface area contributed by atoms with Crippen molar-refractivity contribution in [3.05, 3.63) is 71.8 Å². The number of carbonyl (C=O) groups is 1. The van der Waals surface area contributed by atoms with Gasteiger partial charge in [0.25, 0.3) is 0 Å². The Bertz CT molecular complexity index is 941. The molecule has 1 heterocycles. The van der Waals surface area contributed by atoms with Crippen molar-refractivity contribution < 1.29 is 13.9 Å². The molecule has 0 aliphatic heterocycles. The normalized spacial score (nSPS) is 10.5. The number of aryl methyl sites for hydroxylation is 1. The van der Waals surface area contributed by atoms with Crippen LogP contribution in [0.5, 0.6) is 5.75 Å². The van der Waals surface area contributed by atoms with E-state index >= 15 is 0 Å². The van der Waals surface area contributed by atoms with E-state index in [2.05, 4.69) is 10.3 Å². The molecule has 0 bridgehead atoms. The highest BCUT2D eigenvalue weighted by molar-refractivity contribution is 5.91. The van der Waals surface area contributed by atoms with Crippen molar-refractivity contribution in [2.45, 2.75) is 26.2 Å². The summed E-state index contributed by atoms with van der Waals surface area (Å²) < 4.78 is 18.2. The van der Waals surface area contributed by atoms with Crippen LogP contribution in [0.3, 0.4) is 0 Å². The van der Waals surface area contributed by atoms with Gasteiger partial charge in [0.05, 0.1) is 31.1 Å². The van der Waals surface area contributed by atoms with Gasteiger partial charge in [-0.3, -0.25) is 4.79 Å². The Morgan fingerprint density at radius 3 is 2.46 bits per heavy atom. The smallest absolute Gasteiger partial charge is 0.229 e. The second kappa shape index (κ2) is 9.08. The number of benzene rings is 2. The van der Waals surface area contributed by atoms with Gasteiger partial charge in [-0.1, -0.05) is 25.5 Å². The average molecular weight is 379 g/mol. The Morgan fingerprint density at radius 2 is 1.82 bits per heavy atom. The van der Waals surface area contributed by atoms with Gasteiger partial charge in [0, 0.05) is 5.56 Å². The molecule has 3 aromatic rings. The number of amides is 1. The van der Waals surface area contributed by atoms with Crippen LogP contribution in [-0.4, -0.2) is 23.0 Å². The van der Waals surface area contributed by atoms with Crippen molar-refractivity contribution in [1.29, 1.82) is 0 Å². The molecular weight excluding hydrogens is 357 g/mol. The summed E-state index contributed by atoms with van der Waals surface area (Å²) in [6.07, 6.45) is 3.37. The first-order chi connectivity index (χ1) is 13.6. The summed E-state index contributed by atoms with van der Waals surface area (Å²) in [7, 11) is 1.62. The fraction of sp³-hybridized carbons (Fsp3) is 0.227. The summed E-state index contributed by atoms with van der Waals surface area (Å²) in [6.45, 7) is 2.05. The van der Waals surface area contributed by atoms with Crippen molar-refractivity contribution >= 4 is 11.7 Å². The number of halogens is 1. The summed E-state index contributed by atoms with van der Waals surface area (Å²) in [5, 5.41) is 2.83. The van der Waals surface area contributed by atoms with Crippen molar-refractivity contribution in [2.75, 3.05) is 12.4 Å². The minimum atomic E-state index is -0.325. The van der Waals surface area contributed by atoms with E-state index in [1.165, 1.54) is 12.1 Å². The topological polar surface area (TPSA) is 64.1 Å². The minimum absolute atomic E-state index is 0.147. The van der Waals surface area contributed by atoms with Gasteiger partial charge in [0.1, 0.15) is 11.6 Å². The maximum absolute atomic E-state index is 13.0. The van der Waals surface area contributed by atoms with E-state index in [1.54, 1.807) is 25.4 Å². The van der Waals surface area contributed by atoms with Crippen LogP contribution >= 0.6 is 0 Å². The minimum Gasteiger partial charge on any atom is -0.497 e. The van der Waals surface area contributed by atoms with Gasteiger partial charge in [-0.25, -0.2) is 14.4 Å². The Labute approximate surface area is 163 Å². The van der Waals surface area contributed by atoms with Crippen LogP contribution in [0.25, 0.3) is 11.3 Å². The molecule has 0 unspecified atom stereocenters. The third-order valence-corrected chi connectivity index (χ3v) is 4.25. The number of hydrogen-bond donors (Lipinski definition) is 1. The zero-order chi connectivity index (χ0) is 19.9. The van der Waals surface area contributed by atoms with E-state index in [9.17, 15) is 9.18 Å². The summed E-state index contributed by atoms with van der Waals surface area (Å²) in [5.41, 5.74) is 3.14. The molecule has 0 saturated carbocycles. The molecule has 28 heavy (non-hydrogen) atoms. The molecule has 1 amide bonds. The summed E-state index contributed by atoms with van der Waals surface area (Å²) in [6, 6.07) is 13.5. The number of aromatic nitrogens is 2. The lowest BCUT2D eigenvalue weighted by Gasteiger charge is -2.11. The monoisotopic (exact) mass is 379 g/mol. The van der Waals surface area contributed by atoms with Crippen LogP contribution in [0.15, 0.2) is 54.7 Å². The SMILES string of the molecule is CCCc1nc(-c2ccc(OC)cc2)cnc1NC(=O)Cc1ccc(F)cc1. The third-order valence-electron chi connectivity index (χ3n) is 4.25. The van der Waals surface area contributed by atoms with E-state index in [0.29, 0.717) is 12.2 Å². The molecule has 1 aromatic heterocycles. The predicted octanol–water partition coefficient (Wildman–Crippen LogP) is 4.43. The van der Waals surface area contributed by atoms with E-state index in [-0.39, 0.29) is 18.1 Å². The van der Waals surface area contributed by atoms with Gasteiger partial charge in [0.15, 0.2) is 5.82 Å². The molecule has 1 N–H and O–H groups in total. The molecule has 0 aliphatic carbocycles. The maximum atomic E-state index is 13.0. The fourth-order valence-corrected chi connectivity index (χ4v) is 2.81. The standard InChI is InChI=1S/C22H22FN3O2/c1-3-4-19-22(26-21(27)13-15-5-9-17(23)10-6-15)24-14-20(25-19)16-7-11-18(28-2)12-8-16/h5-12,14H,3-4,13H2,1-2H3,(H,24,26,27). The highest BCUT2D eigenvalue weighted by Gasteiger charge is 2.12. The maximum Gasteiger partial charge on any atom is 0.229 e. The van der Waals surface area contributed by atoms with Crippen molar-refractivity contribution in [3.63, 3.8) is 0 Å². The lowest BCUT2D eigenvalue weighted by molar-refractivity contribution is -0.115. The number of hydrogen-bond acceptors (Lipinski definition) is 4. The first-order valence-corrected chi connectivity index (χ1v) is 9.13. The number of carbonyl (C=O) groups excluding carboxylic acids is 1. The Kier molecular flexibility index (Phi) is 6.32. The van der Waals surface area contributed by atoms with Gasteiger partial charge in [0.2, 0.25) is 5.91 Å². The molecule has 144 valence electrons. The molecule has 2 aromatic carbocycles. The molecule has 0 atom stereocenters. The van der Waals surface area contributed by atoms with Crippen LogP contribution in [0, 0.1) is 5.82 Å². The van der Waals surface area contributed by atoms with E-state index in [0.717, 1.165) is 34.7 Å². The fourth-order valence-electron chi connectivity index (χ4n) is 2.81. The molecule has 0 radical (unpaired) electrons. The molecular formula is C22H22FN3O2. The van der Waals surface area contributed by atoms with Crippen molar-refractivity contribution in [1.82, 2.24) is 9.97 Å². The highest BCUT2D eigenvalue weighted by atomic mass is 19.1. The summed E-state index contributed by atoms with van der Waals surface area (Å²) in [4.78, 5) is 21.5. The number of ether oxygens (including phenoxy) is 1. The predicted molar refractivity (Wildman–Crippen MR) is 107 cm³/mol. The van der Waals surface area contributed by atoms with Crippen LogP contribution in [0.4, 0.5) is 10.2 Å². The van der Waals surface area contributed by atoms with Crippen LogP contribution in [0.1, 0.15) is 24.6 Å². The Balaban J connectivity index is 1.78. The molecule has 0 saturated heterocycles. The van der Waals surface area contributed by atoms with Crippen LogP contribution in [-0.2, 0) is 17.6 Å². The van der Waals surface area contributed by atoms with E-state index in [1.807, 2.05) is 31.2 Å². The number of nitrogens with one attached hydrogen (secondary N) is 1. The zero-order valence-corrected chi connectivity index (χ0v) is 15.9. The van der Waals surface area contributed by atoms with Crippen LogP contribution < -0.4 is 10.1 Å². The molecule has 0 spiro atoms. The quantitative estimate of drug-likeness (QED) is 0.660. The Morgan fingerprint density at radius 1 is 1.11 bits per heavy atom. The van der Waals surface area contributed by atoms with Gasteiger partial charge in [-0.05, 0) is 48.4 Å². The van der Waals surface area contributed by atoms with Gasteiger partial charge < -0.3 is 10.1 Å². The van der Waals surface area contributed by atoms with E-state index < -0.39 is 0 Å². The summed E-state index contributed by atoms with van der Waals surface area (Å²) >= 11 is 0. The van der Waals surface area contributed by atoms with Gasteiger partial charge in [-0.15, -0.1) is 0 Å². The van der Waals surface area contributed by atoms with Gasteiger partial charge in [-0.2, -0.15) is 0 Å². The first kappa shape index (κ1) is 19.5. The van der Waals surface area contributed by atoms with Gasteiger partial charge >= 0.3 is 0 Å². The molecule has 0 aliphatic rings.